The van der Waals surface area contributed by atoms with Crippen LogP contribution in [0.5, 0.6) is 0 Å². The lowest BCUT2D eigenvalue weighted by molar-refractivity contribution is -0.359. The molecule has 0 aromatic carbocycles. The third-order valence-electron chi connectivity index (χ3n) is 12.7. The second kappa shape index (κ2) is 25.4. The van der Waals surface area contributed by atoms with Gasteiger partial charge < -0.3 is 78.1 Å². The molecule has 19 heteroatoms. The molecule has 19 nitrogen and oxygen atoms in total. The van der Waals surface area contributed by atoms with Gasteiger partial charge in [-0.3, -0.25) is 14.4 Å². The fraction of sp³-hybridized carbons (Fsp3) is 0.826. The van der Waals surface area contributed by atoms with E-state index in [4.69, 9.17) is 53.1 Å². The smallest absolute Gasteiger partial charge is 0.309 e. The average Bonchev–Trinajstić information content (AvgIpc) is 3.23. The van der Waals surface area contributed by atoms with Gasteiger partial charge in [0.2, 0.25) is 0 Å². The first-order valence-corrected chi connectivity index (χ1v) is 23.0. The number of hydrogen-bond acceptors (Lipinski definition) is 19. The molecular weight excluding hydrogens is 853 g/mol. The largest absolute Gasteiger partial charge is 0.462 e. The average molecular weight is 929 g/mol. The number of esters is 3. The lowest BCUT2D eigenvalue weighted by Gasteiger charge is -2.48. The Morgan fingerprint density at radius 1 is 0.923 bits per heavy atom. The fourth-order valence-electron chi connectivity index (χ4n) is 9.03. The maximum Gasteiger partial charge on any atom is 0.309 e. The Labute approximate surface area is 383 Å². The summed E-state index contributed by atoms with van der Waals surface area (Å²) >= 11 is 0. The summed E-state index contributed by atoms with van der Waals surface area (Å²) in [7, 11) is 5.40. The number of carbonyl (C=O) groups excluding carboxylic acids is 4. The van der Waals surface area contributed by atoms with E-state index in [1.807, 2.05) is 52.2 Å². The Bertz CT molecular complexity index is 1580. The van der Waals surface area contributed by atoms with Crippen LogP contribution in [0.15, 0.2) is 24.3 Å². The number of methoxy groups -OCH3 is 1. The zero-order chi connectivity index (χ0) is 48.2. The molecule has 0 radical (unpaired) electrons. The predicted octanol–water partition coefficient (Wildman–Crippen LogP) is 2.57. The van der Waals surface area contributed by atoms with Gasteiger partial charge in [0.15, 0.2) is 31.3 Å². The second-order valence-electron chi connectivity index (χ2n) is 18.3. The van der Waals surface area contributed by atoms with Gasteiger partial charge in [0.25, 0.3) is 0 Å². The highest BCUT2D eigenvalue weighted by Crippen LogP contribution is 2.37. The minimum absolute atomic E-state index is 0.0145. The Kier molecular flexibility index (Phi) is 21.4. The van der Waals surface area contributed by atoms with Crippen molar-refractivity contribution in [2.45, 2.75) is 210 Å². The lowest BCUT2D eigenvalue weighted by atomic mass is 9.82. The molecule has 0 spiro atoms. The molecule has 5 N–H and O–H groups in total. The standard InChI is InChI=1S/C46H76N2O17/c1-11-33(50)60-32-23-35(52)57-26(4)16-14-13-15-17-31(61-36-19-18-30(48(8)9)27(5)58-36)25(3)22-29(20-21-49)41(42(32)56-10)65-45-39(53)38(47)40(28(6)59-45)63-37-24-46(7,55)43(44(54)64-37)62-34(51)12-2/h13-15,17,21,25-32,36-45,53-55H,11-12,16,18-20,22-24,47H2,1-10H3/b14-13+,17-15+/t25-,26-,27+,28+,29+,30-,31-,32-,36-,37-,38+,39+,40+,41+,42+,43+,44-,45-,46-/m1/s1. The van der Waals surface area contributed by atoms with E-state index in [0.717, 1.165) is 12.7 Å². The number of aliphatic hydroxyl groups excluding tert-OH is 2. The molecule has 372 valence electrons. The van der Waals surface area contributed by atoms with Gasteiger partial charge in [0.1, 0.15) is 42.4 Å². The van der Waals surface area contributed by atoms with Crippen LogP contribution in [0.1, 0.15) is 106 Å². The zero-order valence-electron chi connectivity index (χ0n) is 39.7. The van der Waals surface area contributed by atoms with Gasteiger partial charge in [-0.15, -0.1) is 0 Å². The van der Waals surface area contributed by atoms with Gasteiger partial charge in [-0.05, 0) is 72.9 Å². The number of cyclic esters (lactones) is 1. The number of carbonyl (C=O) groups is 4. The van der Waals surface area contributed by atoms with Gasteiger partial charge in [-0.2, -0.15) is 0 Å². The zero-order valence-corrected chi connectivity index (χ0v) is 39.7. The van der Waals surface area contributed by atoms with Crippen LogP contribution in [0.4, 0.5) is 0 Å². The van der Waals surface area contributed by atoms with Crippen LogP contribution in [-0.2, 0) is 66.5 Å². The van der Waals surface area contributed by atoms with E-state index in [0.29, 0.717) is 12.8 Å². The third kappa shape index (κ3) is 15.3. The Morgan fingerprint density at radius 3 is 2.23 bits per heavy atom. The van der Waals surface area contributed by atoms with Crippen LogP contribution in [0, 0.1) is 11.8 Å². The van der Waals surface area contributed by atoms with Crippen molar-refractivity contribution in [3.63, 3.8) is 0 Å². The van der Waals surface area contributed by atoms with Crippen molar-refractivity contribution in [1.29, 1.82) is 0 Å². The number of rotatable bonds is 14. The number of allylic oxidation sites excluding steroid dienone is 2. The van der Waals surface area contributed by atoms with Gasteiger partial charge in [0.05, 0.1) is 36.9 Å². The molecule has 4 heterocycles. The van der Waals surface area contributed by atoms with Crippen LogP contribution in [0.3, 0.4) is 0 Å². The number of likely N-dealkylation sites (N-methyl/N-ethyl adjacent to an activating group) is 1. The summed E-state index contributed by atoms with van der Waals surface area (Å²) in [5, 5.41) is 33.7. The van der Waals surface area contributed by atoms with Crippen LogP contribution in [-0.4, -0.2) is 170 Å². The molecule has 0 unspecified atom stereocenters. The molecule has 0 bridgehead atoms. The summed E-state index contributed by atoms with van der Waals surface area (Å²) in [4.78, 5) is 53.2. The summed E-state index contributed by atoms with van der Waals surface area (Å²) in [5.74, 6) is -2.95. The number of ether oxygens (including phenoxy) is 10. The molecule has 0 saturated carbocycles. The molecule has 65 heavy (non-hydrogen) atoms. The van der Waals surface area contributed by atoms with Crippen LogP contribution in [0.25, 0.3) is 0 Å². The monoisotopic (exact) mass is 929 g/mol. The minimum atomic E-state index is -1.76. The molecule has 19 atom stereocenters. The lowest BCUT2D eigenvalue weighted by Crippen LogP contribution is -2.65. The number of nitrogens with zero attached hydrogens (tertiary/aromatic N) is 1. The fourth-order valence-corrected chi connectivity index (χ4v) is 9.03. The summed E-state index contributed by atoms with van der Waals surface area (Å²) in [6, 6.07) is -0.993. The van der Waals surface area contributed by atoms with E-state index in [9.17, 15) is 34.5 Å². The van der Waals surface area contributed by atoms with E-state index in [2.05, 4.69) is 4.90 Å². The first-order chi connectivity index (χ1) is 30.7. The van der Waals surface area contributed by atoms with Crippen LogP contribution >= 0.6 is 0 Å². The number of hydrogen-bond donors (Lipinski definition) is 4. The van der Waals surface area contributed by atoms with E-state index in [1.54, 1.807) is 27.7 Å². The van der Waals surface area contributed by atoms with Gasteiger partial charge in [0, 0.05) is 45.3 Å². The first kappa shape index (κ1) is 54.7. The van der Waals surface area contributed by atoms with Crippen molar-refractivity contribution in [1.82, 2.24) is 4.90 Å². The van der Waals surface area contributed by atoms with Crippen molar-refractivity contribution >= 4 is 24.2 Å². The van der Waals surface area contributed by atoms with E-state index in [1.165, 1.54) is 14.0 Å². The van der Waals surface area contributed by atoms with E-state index >= 15 is 0 Å². The minimum Gasteiger partial charge on any atom is -0.462 e. The normalized spacial score (nSPS) is 42.4. The summed E-state index contributed by atoms with van der Waals surface area (Å²) in [6.07, 6.45) is -5.13. The molecular formula is C46H76N2O17. The topological polar surface area (TPSA) is 251 Å². The maximum absolute atomic E-state index is 13.5. The Morgan fingerprint density at radius 2 is 1.62 bits per heavy atom. The van der Waals surface area contributed by atoms with Crippen molar-refractivity contribution < 1.29 is 81.9 Å². The summed E-state index contributed by atoms with van der Waals surface area (Å²) in [5.41, 5.74) is 4.89. The Balaban J connectivity index is 1.68. The van der Waals surface area contributed by atoms with E-state index < -0.39 is 122 Å². The molecule has 0 aliphatic carbocycles. The molecule has 0 aromatic rings. The highest BCUT2D eigenvalue weighted by atomic mass is 16.8. The predicted molar refractivity (Wildman–Crippen MR) is 232 cm³/mol. The summed E-state index contributed by atoms with van der Waals surface area (Å²) < 4.78 is 60.7. The molecule has 3 fully saturated rings. The molecule has 4 aliphatic rings. The van der Waals surface area contributed by atoms with Gasteiger partial charge in [-0.1, -0.05) is 45.1 Å². The number of aldehydes is 1. The molecule has 4 aliphatic heterocycles. The van der Waals surface area contributed by atoms with Crippen molar-refractivity contribution in [2.24, 2.45) is 17.6 Å². The highest BCUT2D eigenvalue weighted by molar-refractivity contribution is 5.72. The second-order valence-corrected chi connectivity index (χ2v) is 18.3. The number of aliphatic hydroxyl groups is 3. The third-order valence-corrected chi connectivity index (χ3v) is 12.7. The molecule has 0 amide bonds. The Hall–Kier alpha value is -2.92. The molecule has 3 saturated heterocycles. The summed E-state index contributed by atoms with van der Waals surface area (Å²) in [6.45, 7) is 11.9. The SMILES string of the molecule is CCC(=O)O[C@@H]1CC(=O)O[C@H](C)C/C=C/C=C/[C@@H](O[C@@H]2CC[C@@H](N(C)C)[C@H](C)O2)[C@H](C)C[C@H](CC=O)[C@H](O[C@H]2O[C@@H](C)[C@H](O[C@H]3C[C@@](C)(O)[C@@H](OC(=O)CC)[C@H](O)O3)[C@@H](N)[C@@H]2O)[C@H]1OC. The first-order valence-electron chi connectivity index (χ1n) is 23.0. The maximum atomic E-state index is 13.5. The van der Waals surface area contributed by atoms with Gasteiger partial charge >= 0.3 is 17.9 Å². The van der Waals surface area contributed by atoms with Gasteiger partial charge in [-0.25, -0.2) is 0 Å². The number of nitrogens with two attached hydrogens (primary N) is 1. The quantitative estimate of drug-likeness (QED) is 0.111. The highest BCUT2D eigenvalue weighted by Gasteiger charge is 2.52. The van der Waals surface area contributed by atoms with Crippen molar-refractivity contribution in [2.75, 3.05) is 21.2 Å². The van der Waals surface area contributed by atoms with Crippen molar-refractivity contribution in [3.8, 4) is 0 Å². The molecule has 4 rings (SSSR count). The van der Waals surface area contributed by atoms with Crippen LogP contribution < -0.4 is 5.73 Å². The van der Waals surface area contributed by atoms with Crippen molar-refractivity contribution in [3.05, 3.63) is 24.3 Å². The van der Waals surface area contributed by atoms with Crippen LogP contribution in [0.2, 0.25) is 0 Å². The molecule has 0 aromatic heterocycles. The van der Waals surface area contributed by atoms with E-state index in [-0.39, 0.29) is 50.2 Å².